The molecule has 1 amide bonds. The number of carbonyl (C=O) groups excluding carboxylic acids is 1. The van der Waals surface area contributed by atoms with E-state index in [-0.39, 0.29) is 12.1 Å². The number of piperazine rings is 1. The van der Waals surface area contributed by atoms with Gasteiger partial charge in [-0.3, -0.25) is 0 Å². The van der Waals surface area contributed by atoms with E-state index in [0.717, 1.165) is 5.82 Å². The van der Waals surface area contributed by atoms with Gasteiger partial charge in [-0.2, -0.15) is 0 Å². The third-order valence-corrected chi connectivity index (χ3v) is 3.69. The Kier molecular flexibility index (Phi) is 3.50. The number of hydrogen-bond donors (Lipinski definition) is 1. The highest BCUT2D eigenvalue weighted by atomic mass is 16.6. The molecule has 0 unspecified atom stereocenters. The van der Waals surface area contributed by atoms with E-state index in [9.17, 15) is 4.79 Å². The van der Waals surface area contributed by atoms with E-state index >= 15 is 0 Å². The quantitative estimate of drug-likeness (QED) is 0.782. The molecule has 0 bridgehead atoms. The van der Waals surface area contributed by atoms with E-state index in [1.165, 1.54) is 0 Å². The fourth-order valence-corrected chi connectivity index (χ4v) is 2.73. The molecule has 120 valence electrons. The Labute approximate surface area is 130 Å². The van der Waals surface area contributed by atoms with Crippen molar-refractivity contribution in [2.75, 3.05) is 36.9 Å². The summed E-state index contributed by atoms with van der Waals surface area (Å²) in [6.45, 7) is 8.01. The van der Waals surface area contributed by atoms with Crippen molar-refractivity contribution in [3.63, 3.8) is 0 Å². The van der Waals surface area contributed by atoms with Crippen molar-refractivity contribution in [2.24, 2.45) is 0 Å². The predicted octanol–water partition coefficient (Wildman–Crippen LogP) is 1.48. The lowest BCUT2D eigenvalue weighted by Gasteiger charge is -2.44. The lowest BCUT2D eigenvalue weighted by molar-refractivity contribution is 0.0194. The van der Waals surface area contributed by atoms with Crippen LogP contribution in [0, 0.1) is 0 Å². The van der Waals surface area contributed by atoms with E-state index in [4.69, 9.17) is 15.2 Å². The summed E-state index contributed by atoms with van der Waals surface area (Å²) < 4.78 is 11.2. The van der Waals surface area contributed by atoms with Crippen LogP contribution in [0.2, 0.25) is 0 Å². The summed E-state index contributed by atoms with van der Waals surface area (Å²) in [5.74, 6) is 1.51. The minimum Gasteiger partial charge on any atom is -0.487 e. The molecule has 0 radical (unpaired) electrons. The van der Waals surface area contributed by atoms with Crippen LogP contribution in [0.5, 0.6) is 5.75 Å². The Balaban J connectivity index is 1.71. The van der Waals surface area contributed by atoms with Crippen molar-refractivity contribution in [1.29, 1.82) is 0 Å². The highest BCUT2D eigenvalue weighted by Crippen LogP contribution is 2.34. The van der Waals surface area contributed by atoms with Crippen LogP contribution in [-0.2, 0) is 4.74 Å². The first kappa shape index (κ1) is 14.7. The van der Waals surface area contributed by atoms with Gasteiger partial charge < -0.3 is 25.0 Å². The Bertz CT molecular complexity index is 585. The molecule has 7 nitrogen and oxygen atoms in total. The number of fused-ring (bicyclic) bond motifs is 3. The second kappa shape index (κ2) is 5.23. The van der Waals surface area contributed by atoms with Gasteiger partial charge in [-0.15, -0.1) is 0 Å². The smallest absolute Gasteiger partial charge is 0.410 e. The van der Waals surface area contributed by atoms with Gasteiger partial charge in [0.25, 0.3) is 0 Å². The molecule has 1 fully saturated rings. The summed E-state index contributed by atoms with van der Waals surface area (Å²) in [6, 6.07) is 1.88. The van der Waals surface area contributed by atoms with Gasteiger partial charge in [0.05, 0.1) is 17.9 Å². The molecule has 7 heteroatoms. The van der Waals surface area contributed by atoms with Crippen LogP contribution < -0.4 is 15.4 Å². The maximum atomic E-state index is 12.2. The molecule has 0 aromatic carbocycles. The van der Waals surface area contributed by atoms with Crippen LogP contribution in [0.15, 0.2) is 12.3 Å². The first-order chi connectivity index (χ1) is 10.3. The molecule has 2 N–H and O–H groups in total. The first-order valence-corrected chi connectivity index (χ1v) is 7.46. The standard InChI is InChI=1S/C15H22N4O3/c1-15(2,3)22-14(20)18-4-5-19-11(8-18)9-21-12-6-10(16)7-17-13(12)19/h6-7,11H,4-5,8-9,16H2,1-3H3/t11-/m1/s1. The third kappa shape index (κ3) is 2.88. The van der Waals surface area contributed by atoms with E-state index in [1.54, 1.807) is 17.2 Å². The van der Waals surface area contributed by atoms with Crippen LogP contribution in [0.25, 0.3) is 0 Å². The van der Waals surface area contributed by atoms with Crippen molar-refractivity contribution >= 4 is 17.6 Å². The number of nitrogen functional groups attached to an aromatic ring is 1. The van der Waals surface area contributed by atoms with Crippen LogP contribution in [0.4, 0.5) is 16.3 Å². The number of anilines is 2. The van der Waals surface area contributed by atoms with Crippen molar-refractivity contribution in [3.8, 4) is 5.75 Å². The zero-order valence-corrected chi connectivity index (χ0v) is 13.2. The Morgan fingerprint density at radius 1 is 1.45 bits per heavy atom. The third-order valence-electron chi connectivity index (χ3n) is 3.69. The number of ether oxygens (including phenoxy) is 2. The van der Waals surface area contributed by atoms with Gasteiger partial charge in [-0.05, 0) is 20.8 Å². The van der Waals surface area contributed by atoms with Gasteiger partial charge >= 0.3 is 6.09 Å². The number of rotatable bonds is 0. The summed E-state index contributed by atoms with van der Waals surface area (Å²) in [5.41, 5.74) is 5.84. The zero-order valence-electron chi connectivity index (χ0n) is 13.2. The number of aromatic nitrogens is 1. The summed E-state index contributed by atoms with van der Waals surface area (Å²) in [7, 11) is 0. The lowest BCUT2D eigenvalue weighted by Crippen LogP contribution is -2.59. The molecule has 1 aromatic rings. The summed E-state index contributed by atoms with van der Waals surface area (Å²) in [6.07, 6.45) is 1.35. The molecule has 0 aliphatic carbocycles. The summed E-state index contributed by atoms with van der Waals surface area (Å²) >= 11 is 0. The lowest BCUT2D eigenvalue weighted by atomic mass is 10.1. The van der Waals surface area contributed by atoms with Gasteiger partial charge in [0.15, 0.2) is 11.6 Å². The minimum absolute atomic E-state index is 0.0879. The molecule has 1 saturated heterocycles. The van der Waals surface area contributed by atoms with Gasteiger partial charge in [-0.25, -0.2) is 9.78 Å². The van der Waals surface area contributed by atoms with E-state index < -0.39 is 5.60 Å². The maximum absolute atomic E-state index is 12.2. The molecular weight excluding hydrogens is 284 g/mol. The number of hydrogen-bond acceptors (Lipinski definition) is 6. The molecule has 2 aliphatic heterocycles. The SMILES string of the molecule is CC(C)(C)OC(=O)N1CCN2c3ncc(N)cc3OC[C@H]2C1. The minimum atomic E-state index is -0.483. The second-order valence-corrected chi connectivity index (χ2v) is 6.67. The van der Waals surface area contributed by atoms with E-state index in [1.807, 2.05) is 20.8 Å². The monoisotopic (exact) mass is 306 g/mol. The number of nitrogens with zero attached hydrogens (tertiary/aromatic N) is 3. The van der Waals surface area contributed by atoms with Gasteiger partial charge in [0.2, 0.25) is 0 Å². The van der Waals surface area contributed by atoms with Gasteiger partial charge in [0.1, 0.15) is 12.2 Å². The molecule has 2 aliphatic rings. The summed E-state index contributed by atoms with van der Waals surface area (Å²) in [5, 5.41) is 0. The molecular formula is C15H22N4O3. The summed E-state index contributed by atoms with van der Waals surface area (Å²) in [4.78, 5) is 20.5. The largest absolute Gasteiger partial charge is 0.487 e. The van der Waals surface area contributed by atoms with E-state index in [2.05, 4.69) is 9.88 Å². The average Bonchev–Trinajstić information content (AvgIpc) is 2.44. The molecule has 3 heterocycles. The number of carbonyl (C=O) groups is 1. The second-order valence-electron chi connectivity index (χ2n) is 6.67. The Morgan fingerprint density at radius 3 is 2.95 bits per heavy atom. The van der Waals surface area contributed by atoms with Crippen molar-refractivity contribution in [3.05, 3.63) is 12.3 Å². The highest BCUT2D eigenvalue weighted by Gasteiger charge is 2.36. The van der Waals surface area contributed by atoms with E-state index in [0.29, 0.717) is 37.7 Å². The normalized spacial score (nSPS) is 20.8. The molecule has 0 saturated carbocycles. The van der Waals surface area contributed by atoms with Crippen LogP contribution >= 0.6 is 0 Å². The van der Waals surface area contributed by atoms with Crippen LogP contribution in [0.3, 0.4) is 0 Å². The number of amides is 1. The molecule has 3 rings (SSSR count). The van der Waals surface area contributed by atoms with Crippen LogP contribution in [0.1, 0.15) is 20.8 Å². The fourth-order valence-electron chi connectivity index (χ4n) is 2.73. The Hall–Kier alpha value is -2.18. The van der Waals surface area contributed by atoms with Gasteiger partial charge in [0, 0.05) is 25.7 Å². The highest BCUT2D eigenvalue weighted by molar-refractivity contribution is 5.69. The number of nitrogens with two attached hydrogens (primary N) is 1. The number of pyridine rings is 1. The zero-order chi connectivity index (χ0) is 15.9. The molecule has 1 atom stereocenters. The van der Waals surface area contributed by atoms with Crippen LogP contribution in [-0.4, -0.2) is 53.9 Å². The fraction of sp³-hybridized carbons (Fsp3) is 0.600. The van der Waals surface area contributed by atoms with Gasteiger partial charge in [-0.1, -0.05) is 0 Å². The molecule has 0 spiro atoms. The first-order valence-electron chi connectivity index (χ1n) is 7.46. The van der Waals surface area contributed by atoms with Crippen molar-refractivity contribution in [1.82, 2.24) is 9.88 Å². The van der Waals surface area contributed by atoms with Crippen molar-refractivity contribution in [2.45, 2.75) is 32.4 Å². The topological polar surface area (TPSA) is 80.9 Å². The van der Waals surface area contributed by atoms with Crippen molar-refractivity contribution < 1.29 is 14.3 Å². The molecule has 1 aromatic heterocycles. The predicted molar refractivity (Wildman–Crippen MR) is 83.1 cm³/mol. The Morgan fingerprint density at radius 2 is 2.23 bits per heavy atom. The average molecular weight is 306 g/mol. The molecule has 22 heavy (non-hydrogen) atoms. The maximum Gasteiger partial charge on any atom is 0.410 e.